The van der Waals surface area contributed by atoms with Crippen LogP contribution in [-0.4, -0.2) is 5.11 Å². The van der Waals surface area contributed by atoms with Gasteiger partial charge >= 0.3 is 0 Å². The quantitative estimate of drug-likeness (QED) is 0.895. The standard InChI is InChI=1S/C14H11ClF2O/c15-11-6-3-4-9(14(11)17)8-13(18)10-5-1-2-7-12(10)16/h1-7,13,18H,8H2. The Morgan fingerprint density at radius 3 is 2.50 bits per heavy atom. The molecule has 0 fully saturated rings. The molecule has 1 unspecified atom stereocenters. The van der Waals surface area contributed by atoms with Crippen LogP contribution in [0.4, 0.5) is 8.78 Å². The lowest BCUT2D eigenvalue weighted by atomic mass is 10.0. The molecule has 0 radical (unpaired) electrons. The monoisotopic (exact) mass is 268 g/mol. The van der Waals surface area contributed by atoms with Gasteiger partial charge in [0, 0.05) is 12.0 Å². The first-order valence-corrected chi connectivity index (χ1v) is 5.82. The fourth-order valence-corrected chi connectivity index (χ4v) is 1.96. The van der Waals surface area contributed by atoms with Crippen LogP contribution in [0, 0.1) is 11.6 Å². The molecule has 0 saturated carbocycles. The summed E-state index contributed by atoms with van der Waals surface area (Å²) in [7, 11) is 0. The summed E-state index contributed by atoms with van der Waals surface area (Å²) in [6.07, 6.45) is -1.12. The molecule has 0 aliphatic carbocycles. The number of aliphatic hydroxyl groups is 1. The van der Waals surface area contributed by atoms with Gasteiger partial charge in [-0.25, -0.2) is 8.78 Å². The summed E-state index contributed by atoms with van der Waals surface area (Å²) in [5.74, 6) is -1.08. The van der Waals surface area contributed by atoms with Crippen LogP contribution in [-0.2, 0) is 6.42 Å². The van der Waals surface area contributed by atoms with Gasteiger partial charge < -0.3 is 5.11 Å². The lowest BCUT2D eigenvalue weighted by molar-refractivity contribution is 0.172. The van der Waals surface area contributed by atoms with Gasteiger partial charge in [-0.1, -0.05) is 41.9 Å². The predicted molar refractivity (Wildman–Crippen MR) is 66.5 cm³/mol. The van der Waals surface area contributed by atoms with E-state index >= 15 is 0 Å². The molecule has 94 valence electrons. The molecule has 0 aliphatic rings. The third-order valence-electron chi connectivity index (χ3n) is 2.71. The van der Waals surface area contributed by atoms with Crippen molar-refractivity contribution in [1.29, 1.82) is 0 Å². The summed E-state index contributed by atoms with van der Waals surface area (Å²) in [6.45, 7) is 0. The fourth-order valence-electron chi connectivity index (χ4n) is 1.77. The molecule has 0 aliphatic heterocycles. The number of benzene rings is 2. The summed E-state index contributed by atoms with van der Waals surface area (Å²) in [5.41, 5.74) is 0.412. The van der Waals surface area contributed by atoms with Crippen molar-refractivity contribution in [3.8, 4) is 0 Å². The van der Waals surface area contributed by atoms with Crippen molar-refractivity contribution in [1.82, 2.24) is 0 Å². The highest BCUT2D eigenvalue weighted by Crippen LogP contribution is 2.25. The molecule has 0 bridgehead atoms. The van der Waals surface area contributed by atoms with E-state index in [0.29, 0.717) is 0 Å². The Morgan fingerprint density at radius 2 is 1.78 bits per heavy atom. The number of rotatable bonds is 3. The second-order valence-electron chi connectivity index (χ2n) is 3.95. The lowest BCUT2D eigenvalue weighted by Gasteiger charge is -2.12. The van der Waals surface area contributed by atoms with E-state index in [-0.39, 0.29) is 22.6 Å². The van der Waals surface area contributed by atoms with Crippen molar-refractivity contribution >= 4 is 11.6 Å². The van der Waals surface area contributed by atoms with Crippen molar-refractivity contribution < 1.29 is 13.9 Å². The van der Waals surface area contributed by atoms with Gasteiger partial charge in [0.1, 0.15) is 11.6 Å². The molecule has 2 rings (SSSR count). The van der Waals surface area contributed by atoms with Gasteiger partial charge in [-0.15, -0.1) is 0 Å². The molecule has 2 aromatic carbocycles. The van der Waals surface area contributed by atoms with Gasteiger partial charge in [0.25, 0.3) is 0 Å². The van der Waals surface area contributed by atoms with Crippen LogP contribution in [0.3, 0.4) is 0 Å². The van der Waals surface area contributed by atoms with Gasteiger partial charge in [-0.2, -0.15) is 0 Å². The van der Waals surface area contributed by atoms with Gasteiger partial charge in [0.05, 0.1) is 11.1 Å². The molecule has 4 heteroatoms. The van der Waals surface area contributed by atoms with E-state index < -0.39 is 17.7 Å². The third-order valence-corrected chi connectivity index (χ3v) is 3.00. The van der Waals surface area contributed by atoms with E-state index in [9.17, 15) is 13.9 Å². The van der Waals surface area contributed by atoms with E-state index in [1.54, 1.807) is 12.1 Å². The molecule has 1 N–H and O–H groups in total. The first-order chi connectivity index (χ1) is 8.59. The third kappa shape index (κ3) is 2.68. The molecule has 0 aromatic heterocycles. The Labute approximate surface area is 109 Å². The summed E-state index contributed by atoms with van der Waals surface area (Å²) in [5, 5.41) is 9.91. The second kappa shape index (κ2) is 5.46. The van der Waals surface area contributed by atoms with E-state index in [2.05, 4.69) is 0 Å². The zero-order valence-corrected chi connectivity index (χ0v) is 10.2. The van der Waals surface area contributed by atoms with E-state index in [4.69, 9.17) is 11.6 Å². The molecule has 0 amide bonds. The normalized spacial score (nSPS) is 12.4. The van der Waals surface area contributed by atoms with Gasteiger partial charge in [-0.05, 0) is 17.7 Å². The van der Waals surface area contributed by atoms with Crippen LogP contribution < -0.4 is 0 Å². The van der Waals surface area contributed by atoms with Crippen LogP contribution in [0.5, 0.6) is 0 Å². The summed E-state index contributed by atoms with van der Waals surface area (Å²) in [4.78, 5) is 0. The highest BCUT2D eigenvalue weighted by molar-refractivity contribution is 6.30. The number of aliphatic hydroxyl groups excluding tert-OH is 1. The Hall–Kier alpha value is -1.45. The van der Waals surface area contributed by atoms with Crippen molar-refractivity contribution in [2.75, 3.05) is 0 Å². The van der Waals surface area contributed by atoms with E-state index in [1.165, 1.54) is 30.3 Å². The zero-order chi connectivity index (χ0) is 13.1. The molecular weight excluding hydrogens is 258 g/mol. The van der Waals surface area contributed by atoms with Crippen molar-refractivity contribution in [3.63, 3.8) is 0 Å². The average Bonchev–Trinajstić information content (AvgIpc) is 2.35. The Morgan fingerprint density at radius 1 is 1.06 bits per heavy atom. The highest BCUT2D eigenvalue weighted by Gasteiger charge is 2.15. The summed E-state index contributed by atoms with van der Waals surface area (Å²) < 4.78 is 27.1. The Balaban J connectivity index is 2.24. The average molecular weight is 269 g/mol. The molecule has 1 atom stereocenters. The maximum Gasteiger partial charge on any atom is 0.145 e. The topological polar surface area (TPSA) is 20.2 Å². The van der Waals surface area contributed by atoms with Gasteiger partial charge in [0.2, 0.25) is 0 Å². The predicted octanol–water partition coefficient (Wildman–Crippen LogP) is 3.89. The molecule has 0 saturated heterocycles. The minimum absolute atomic E-state index is 0.00627. The maximum atomic E-state index is 13.6. The fraction of sp³-hybridized carbons (Fsp3) is 0.143. The second-order valence-corrected chi connectivity index (χ2v) is 4.36. The Bertz CT molecular complexity index is 557. The van der Waals surface area contributed by atoms with E-state index in [1.807, 2.05) is 0 Å². The van der Waals surface area contributed by atoms with Crippen LogP contribution in [0.1, 0.15) is 17.2 Å². The molecule has 1 nitrogen and oxygen atoms in total. The molecular formula is C14H11ClF2O. The highest BCUT2D eigenvalue weighted by atomic mass is 35.5. The van der Waals surface area contributed by atoms with Crippen LogP contribution in [0.15, 0.2) is 42.5 Å². The zero-order valence-electron chi connectivity index (χ0n) is 9.41. The van der Waals surface area contributed by atoms with Crippen molar-refractivity contribution in [2.24, 2.45) is 0 Å². The summed E-state index contributed by atoms with van der Waals surface area (Å²) >= 11 is 5.64. The van der Waals surface area contributed by atoms with E-state index in [0.717, 1.165) is 0 Å². The number of hydrogen-bond acceptors (Lipinski definition) is 1. The summed E-state index contributed by atoms with van der Waals surface area (Å²) in [6, 6.07) is 10.4. The van der Waals surface area contributed by atoms with Crippen molar-refractivity contribution in [2.45, 2.75) is 12.5 Å². The minimum atomic E-state index is -1.10. The minimum Gasteiger partial charge on any atom is -0.388 e. The smallest absolute Gasteiger partial charge is 0.145 e. The van der Waals surface area contributed by atoms with Gasteiger partial charge in [-0.3, -0.25) is 0 Å². The lowest BCUT2D eigenvalue weighted by Crippen LogP contribution is -2.05. The molecule has 18 heavy (non-hydrogen) atoms. The molecule has 0 heterocycles. The number of hydrogen-bond donors (Lipinski definition) is 1. The SMILES string of the molecule is OC(Cc1cccc(Cl)c1F)c1ccccc1F. The van der Waals surface area contributed by atoms with Crippen molar-refractivity contribution in [3.05, 3.63) is 70.2 Å². The Kier molecular flexibility index (Phi) is 3.94. The maximum absolute atomic E-state index is 13.6. The first-order valence-electron chi connectivity index (χ1n) is 5.45. The first kappa shape index (κ1) is 13.0. The molecule has 2 aromatic rings. The van der Waals surface area contributed by atoms with Crippen LogP contribution >= 0.6 is 11.6 Å². The molecule has 0 spiro atoms. The largest absolute Gasteiger partial charge is 0.388 e. The van der Waals surface area contributed by atoms with Crippen LogP contribution in [0.25, 0.3) is 0 Å². The number of halogens is 3. The van der Waals surface area contributed by atoms with Crippen LogP contribution in [0.2, 0.25) is 5.02 Å². The van der Waals surface area contributed by atoms with Gasteiger partial charge in [0.15, 0.2) is 0 Å².